The van der Waals surface area contributed by atoms with Crippen LogP contribution >= 0.6 is 35.7 Å². The monoisotopic (exact) mass is 474 g/mol. The summed E-state index contributed by atoms with van der Waals surface area (Å²) in [5.41, 5.74) is 1.90. The lowest BCUT2D eigenvalue weighted by molar-refractivity contribution is -0.122. The van der Waals surface area contributed by atoms with E-state index in [1.165, 1.54) is 11.8 Å². The van der Waals surface area contributed by atoms with Crippen molar-refractivity contribution in [2.75, 3.05) is 36.0 Å². The molecular weight excluding hydrogens is 448 g/mol. The maximum Gasteiger partial charge on any atom is 0.267 e. The maximum absolute atomic E-state index is 13.5. The van der Waals surface area contributed by atoms with Crippen molar-refractivity contribution in [1.29, 1.82) is 0 Å². The van der Waals surface area contributed by atoms with E-state index >= 15 is 0 Å². The summed E-state index contributed by atoms with van der Waals surface area (Å²) in [4.78, 5) is 35.7. The molecule has 2 aromatic heterocycles. The van der Waals surface area contributed by atoms with Gasteiger partial charge in [-0.05, 0) is 37.0 Å². The quantitative estimate of drug-likeness (QED) is 0.482. The van der Waals surface area contributed by atoms with Gasteiger partial charge in [0.05, 0.1) is 10.5 Å². The zero-order chi connectivity index (χ0) is 22.1. The van der Waals surface area contributed by atoms with Crippen molar-refractivity contribution >= 4 is 63.5 Å². The smallest absolute Gasteiger partial charge is 0.267 e. The molecule has 2 aliphatic heterocycles. The molecule has 164 valence electrons. The molecule has 9 heteroatoms. The Morgan fingerprint density at radius 3 is 2.71 bits per heavy atom. The van der Waals surface area contributed by atoms with Gasteiger partial charge in [0, 0.05) is 37.3 Å². The second-order valence-corrected chi connectivity index (χ2v) is 11.1. The Bertz CT molecular complexity index is 1120. The number of nitrogens with zero attached hydrogens (tertiary/aromatic N) is 4. The number of carbonyl (C=O) groups is 1. The summed E-state index contributed by atoms with van der Waals surface area (Å²) in [5, 5.41) is 0. The van der Waals surface area contributed by atoms with E-state index in [2.05, 4.69) is 18.7 Å². The average Bonchev–Trinajstić information content (AvgIpc) is 3.02. The highest BCUT2D eigenvalue weighted by molar-refractivity contribution is 8.26. The molecule has 2 saturated heterocycles. The van der Waals surface area contributed by atoms with Crippen LogP contribution in [0.4, 0.5) is 5.82 Å². The standard InChI is InChI=1S/C22H26N4O2S3/c1-14(2)6-8-26-21(28)17(31-22(26)29)13-16-19(24-9-11-30-12-10-24)23-18-15(3)5-4-7-25(18)20(16)27/h4-5,7,13-14H,6,8-12H2,1-3H3. The number of rotatable bonds is 5. The van der Waals surface area contributed by atoms with E-state index in [0.29, 0.717) is 38.7 Å². The highest BCUT2D eigenvalue weighted by Gasteiger charge is 2.33. The fourth-order valence-corrected chi connectivity index (χ4v) is 5.85. The second kappa shape index (κ2) is 9.34. The first kappa shape index (κ1) is 22.4. The summed E-state index contributed by atoms with van der Waals surface area (Å²) in [6.45, 7) is 8.46. The van der Waals surface area contributed by atoms with E-state index in [1.807, 2.05) is 30.8 Å². The maximum atomic E-state index is 13.5. The summed E-state index contributed by atoms with van der Waals surface area (Å²) in [6, 6.07) is 3.80. The van der Waals surface area contributed by atoms with Gasteiger partial charge in [-0.3, -0.25) is 18.9 Å². The van der Waals surface area contributed by atoms with Gasteiger partial charge in [-0.25, -0.2) is 4.98 Å². The number of pyridine rings is 1. The van der Waals surface area contributed by atoms with Gasteiger partial charge >= 0.3 is 0 Å². The highest BCUT2D eigenvalue weighted by atomic mass is 32.2. The minimum atomic E-state index is -0.158. The lowest BCUT2D eigenvalue weighted by Gasteiger charge is -2.29. The first-order valence-corrected chi connectivity index (χ1v) is 12.8. The number of amides is 1. The Kier molecular flexibility index (Phi) is 6.74. The Morgan fingerprint density at radius 2 is 2.00 bits per heavy atom. The van der Waals surface area contributed by atoms with Crippen molar-refractivity contribution < 1.29 is 4.79 Å². The number of aromatic nitrogens is 2. The second-order valence-electron chi connectivity index (χ2n) is 8.15. The fraction of sp³-hybridized carbons (Fsp3) is 0.455. The van der Waals surface area contributed by atoms with Crippen molar-refractivity contribution in [2.24, 2.45) is 5.92 Å². The Morgan fingerprint density at radius 1 is 1.26 bits per heavy atom. The summed E-state index contributed by atoms with van der Waals surface area (Å²) < 4.78 is 2.13. The van der Waals surface area contributed by atoms with Crippen molar-refractivity contribution in [2.45, 2.75) is 27.2 Å². The van der Waals surface area contributed by atoms with Crippen LogP contribution < -0.4 is 10.5 Å². The Balaban J connectivity index is 1.81. The largest absolute Gasteiger partial charge is 0.354 e. The van der Waals surface area contributed by atoms with Gasteiger partial charge in [0.1, 0.15) is 15.8 Å². The molecule has 4 heterocycles. The number of thiocarbonyl (C=S) groups is 1. The molecule has 0 unspecified atom stereocenters. The zero-order valence-corrected chi connectivity index (χ0v) is 20.4. The van der Waals surface area contributed by atoms with Gasteiger partial charge < -0.3 is 4.90 Å². The molecule has 0 spiro atoms. The van der Waals surface area contributed by atoms with Crippen LogP contribution in [0.5, 0.6) is 0 Å². The van der Waals surface area contributed by atoms with Gasteiger partial charge in [0.2, 0.25) is 0 Å². The van der Waals surface area contributed by atoms with Crippen LogP contribution in [0.15, 0.2) is 28.0 Å². The number of carbonyl (C=O) groups excluding carboxylic acids is 1. The van der Waals surface area contributed by atoms with E-state index in [-0.39, 0.29) is 11.5 Å². The number of anilines is 1. The fourth-order valence-electron chi connectivity index (χ4n) is 3.65. The molecule has 2 fully saturated rings. The lowest BCUT2D eigenvalue weighted by atomic mass is 10.1. The lowest BCUT2D eigenvalue weighted by Crippen LogP contribution is -2.36. The van der Waals surface area contributed by atoms with Crippen LogP contribution in [0.3, 0.4) is 0 Å². The number of hydrogen-bond acceptors (Lipinski definition) is 7. The molecular formula is C22H26N4O2S3. The van der Waals surface area contributed by atoms with Gasteiger partial charge in [0.25, 0.3) is 11.5 Å². The molecule has 0 aliphatic carbocycles. The van der Waals surface area contributed by atoms with E-state index < -0.39 is 0 Å². The third-order valence-electron chi connectivity index (χ3n) is 5.45. The van der Waals surface area contributed by atoms with Crippen LogP contribution in [0.25, 0.3) is 11.7 Å². The van der Waals surface area contributed by atoms with E-state index in [1.54, 1.807) is 21.6 Å². The third kappa shape index (κ3) is 4.54. The topological polar surface area (TPSA) is 57.9 Å². The molecule has 0 N–H and O–H groups in total. The molecule has 0 saturated carbocycles. The molecule has 0 bridgehead atoms. The van der Waals surface area contributed by atoms with Gasteiger partial charge in [-0.15, -0.1) is 0 Å². The minimum Gasteiger partial charge on any atom is -0.354 e. The Labute approximate surface area is 196 Å². The van der Waals surface area contributed by atoms with Crippen molar-refractivity contribution in [3.8, 4) is 0 Å². The molecule has 1 amide bonds. The van der Waals surface area contributed by atoms with Crippen molar-refractivity contribution in [1.82, 2.24) is 14.3 Å². The van der Waals surface area contributed by atoms with Crippen LogP contribution in [-0.2, 0) is 4.79 Å². The van der Waals surface area contributed by atoms with Crippen LogP contribution in [-0.4, -0.2) is 55.7 Å². The third-order valence-corrected chi connectivity index (χ3v) is 7.77. The molecule has 0 aromatic carbocycles. The van der Waals surface area contributed by atoms with Crippen LogP contribution in [0, 0.1) is 12.8 Å². The molecule has 2 aliphatic rings. The molecule has 4 rings (SSSR count). The van der Waals surface area contributed by atoms with Crippen molar-refractivity contribution in [3.05, 3.63) is 44.7 Å². The average molecular weight is 475 g/mol. The number of thioether (sulfide) groups is 2. The highest BCUT2D eigenvalue weighted by Crippen LogP contribution is 2.34. The first-order chi connectivity index (χ1) is 14.9. The number of hydrogen-bond donors (Lipinski definition) is 0. The van der Waals surface area contributed by atoms with E-state index in [4.69, 9.17) is 17.2 Å². The van der Waals surface area contributed by atoms with E-state index in [0.717, 1.165) is 36.6 Å². The summed E-state index contributed by atoms with van der Waals surface area (Å²) in [6.07, 6.45) is 4.32. The van der Waals surface area contributed by atoms with Gasteiger partial charge in [0.15, 0.2) is 0 Å². The van der Waals surface area contributed by atoms with Gasteiger partial charge in [-0.1, -0.05) is 43.9 Å². The predicted molar refractivity (Wildman–Crippen MR) is 135 cm³/mol. The van der Waals surface area contributed by atoms with Crippen LogP contribution in [0.1, 0.15) is 31.4 Å². The molecule has 6 nitrogen and oxygen atoms in total. The molecule has 2 aromatic rings. The molecule has 31 heavy (non-hydrogen) atoms. The van der Waals surface area contributed by atoms with Gasteiger partial charge in [-0.2, -0.15) is 11.8 Å². The van der Waals surface area contributed by atoms with Crippen LogP contribution in [0.2, 0.25) is 0 Å². The SMILES string of the molecule is Cc1cccn2c(=O)c(C=C3SC(=S)N(CCC(C)C)C3=O)c(N3CCSCC3)nc12. The Hall–Kier alpha value is -1.84. The first-order valence-electron chi connectivity index (χ1n) is 10.5. The molecule has 0 atom stereocenters. The molecule has 0 radical (unpaired) electrons. The normalized spacial score (nSPS) is 18.8. The summed E-state index contributed by atoms with van der Waals surface area (Å²) >= 11 is 8.64. The number of aryl methyl sites for hydroxylation is 1. The summed E-state index contributed by atoms with van der Waals surface area (Å²) in [5.74, 6) is 3.00. The zero-order valence-electron chi connectivity index (χ0n) is 18.0. The minimum absolute atomic E-state index is 0.121. The predicted octanol–water partition coefficient (Wildman–Crippen LogP) is 3.80. The van der Waals surface area contributed by atoms with Crippen molar-refractivity contribution in [3.63, 3.8) is 0 Å². The number of fused-ring (bicyclic) bond motifs is 1. The van der Waals surface area contributed by atoms with E-state index in [9.17, 15) is 9.59 Å². The summed E-state index contributed by atoms with van der Waals surface area (Å²) in [7, 11) is 0.